The van der Waals surface area contributed by atoms with Crippen LogP contribution < -0.4 is 15.0 Å². The van der Waals surface area contributed by atoms with Crippen molar-refractivity contribution in [3.05, 3.63) is 48.9 Å². The quantitative estimate of drug-likeness (QED) is 0.671. The molecule has 0 amide bonds. The predicted octanol–water partition coefficient (Wildman–Crippen LogP) is 4.08. The van der Waals surface area contributed by atoms with Gasteiger partial charge in [-0.05, 0) is 70.9 Å². The third-order valence-corrected chi connectivity index (χ3v) is 5.91. The number of aromatic nitrogens is 4. The number of nitrogens with zero attached hydrogens (tertiary/aromatic N) is 5. The highest BCUT2D eigenvalue weighted by Gasteiger charge is 2.39. The van der Waals surface area contributed by atoms with E-state index < -0.39 is 0 Å². The van der Waals surface area contributed by atoms with Crippen molar-refractivity contribution in [1.82, 2.24) is 25.1 Å². The number of anilines is 1. The van der Waals surface area contributed by atoms with Gasteiger partial charge in [0, 0.05) is 48.3 Å². The van der Waals surface area contributed by atoms with Crippen molar-refractivity contribution in [3.8, 4) is 22.8 Å². The second kappa shape index (κ2) is 7.96. The van der Waals surface area contributed by atoms with Crippen molar-refractivity contribution in [2.45, 2.75) is 57.7 Å². The van der Waals surface area contributed by atoms with Crippen LogP contribution in [-0.4, -0.2) is 51.0 Å². The molecule has 0 unspecified atom stereocenters. The standard InChI is InChI=1S/C24H32N6O/c1-23(2)14-18(15-24(3,4)28-23)29(5)21-11-8-17(16-25-21)19-9-10-20(22(27-19)31-6)30-13-7-12-26-30/h7-13,16,18,28H,14-15H2,1-6H3. The van der Waals surface area contributed by atoms with E-state index in [4.69, 9.17) is 9.72 Å². The molecular weight excluding hydrogens is 388 g/mol. The highest BCUT2D eigenvalue weighted by atomic mass is 16.5. The highest BCUT2D eigenvalue weighted by Crippen LogP contribution is 2.33. The first kappa shape index (κ1) is 21.3. The molecule has 1 aliphatic heterocycles. The summed E-state index contributed by atoms with van der Waals surface area (Å²) in [5.74, 6) is 1.50. The zero-order valence-electron chi connectivity index (χ0n) is 19.3. The predicted molar refractivity (Wildman–Crippen MR) is 124 cm³/mol. The van der Waals surface area contributed by atoms with Gasteiger partial charge in [-0.15, -0.1) is 0 Å². The van der Waals surface area contributed by atoms with Crippen LogP contribution in [0.1, 0.15) is 40.5 Å². The Bertz CT molecular complexity index is 1010. The second-order valence-electron chi connectivity index (χ2n) is 9.65. The molecule has 31 heavy (non-hydrogen) atoms. The lowest BCUT2D eigenvalue weighted by atomic mass is 9.79. The summed E-state index contributed by atoms with van der Waals surface area (Å²) in [5, 5.41) is 8.02. The summed E-state index contributed by atoms with van der Waals surface area (Å²) in [6, 6.07) is 10.4. The van der Waals surface area contributed by atoms with Crippen molar-refractivity contribution in [3.63, 3.8) is 0 Å². The first-order valence-corrected chi connectivity index (χ1v) is 10.7. The molecule has 7 heteroatoms. The normalized spacial score (nSPS) is 18.0. The summed E-state index contributed by atoms with van der Waals surface area (Å²) in [6.07, 6.45) is 7.64. The van der Waals surface area contributed by atoms with Gasteiger partial charge in [-0.1, -0.05) is 0 Å². The Kier molecular flexibility index (Phi) is 5.47. The number of hydrogen-bond donors (Lipinski definition) is 1. The summed E-state index contributed by atoms with van der Waals surface area (Å²) >= 11 is 0. The van der Waals surface area contributed by atoms with Crippen molar-refractivity contribution in [1.29, 1.82) is 0 Å². The minimum Gasteiger partial charge on any atom is -0.479 e. The fraction of sp³-hybridized carbons (Fsp3) is 0.458. The molecule has 0 bridgehead atoms. The number of rotatable bonds is 5. The van der Waals surface area contributed by atoms with Crippen LogP contribution in [0.15, 0.2) is 48.9 Å². The smallest absolute Gasteiger partial charge is 0.240 e. The number of piperidine rings is 1. The Balaban J connectivity index is 1.56. The molecule has 0 radical (unpaired) electrons. The van der Waals surface area contributed by atoms with Crippen LogP contribution in [0.4, 0.5) is 5.82 Å². The lowest BCUT2D eigenvalue weighted by Gasteiger charge is -2.49. The summed E-state index contributed by atoms with van der Waals surface area (Å²) in [6.45, 7) is 9.10. The Labute approximate surface area is 184 Å². The lowest BCUT2D eigenvalue weighted by Crippen LogP contribution is -2.62. The zero-order chi connectivity index (χ0) is 22.2. The van der Waals surface area contributed by atoms with Crippen molar-refractivity contribution >= 4 is 5.82 Å². The average Bonchev–Trinajstić information content (AvgIpc) is 3.25. The van der Waals surface area contributed by atoms with E-state index in [-0.39, 0.29) is 11.1 Å². The van der Waals surface area contributed by atoms with Crippen LogP contribution in [0, 0.1) is 0 Å². The summed E-state index contributed by atoms with van der Waals surface area (Å²) in [7, 11) is 3.77. The van der Waals surface area contributed by atoms with Gasteiger partial charge in [0.2, 0.25) is 5.88 Å². The lowest BCUT2D eigenvalue weighted by molar-refractivity contribution is 0.160. The van der Waals surface area contributed by atoms with E-state index in [9.17, 15) is 0 Å². The molecule has 1 N–H and O–H groups in total. The van der Waals surface area contributed by atoms with Gasteiger partial charge in [-0.25, -0.2) is 14.6 Å². The molecule has 3 aromatic heterocycles. The molecule has 1 saturated heterocycles. The molecule has 0 spiro atoms. The number of ether oxygens (including phenoxy) is 1. The van der Waals surface area contributed by atoms with E-state index in [2.05, 4.69) is 67.2 Å². The summed E-state index contributed by atoms with van der Waals surface area (Å²) < 4.78 is 7.25. The van der Waals surface area contributed by atoms with E-state index in [1.54, 1.807) is 18.0 Å². The molecule has 1 aliphatic rings. The number of pyridine rings is 2. The van der Waals surface area contributed by atoms with E-state index >= 15 is 0 Å². The molecule has 0 saturated carbocycles. The van der Waals surface area contributed by atoms with Gasteiger partial charge in [-0.3, -0.25) is 0 Å². The fourth-order valence-corrected chi connectivity index (χ4v) is 4.81. The second-order valence-corrected chi connectivity index (χ2v) is 9.65. The Morgan fingerprint density at radius 3 is 2.42 bits per heavy atom. The fourth-order valence-electron chi connectivity index (χ4n) is 4.81. The van der Waals surface area contributed by atoms with Gasteiger partial charge >= 0.3 is 0 Å². The van der Waals surface area contributed by atoms with E-state index in [0.29, 0.717) is 11.9 Å². The Morgan fingerprint density at radius 2 is 1.84 bits per heavy atom. The topological polar surface area (TPSA) is 68.1 Å². The number of methoxy groups -OCH3 is 1. The van der Waals surface area contributed by atoms with Crippen LogP contribution in [-0.2, 0) is 0 Å². The van der Waals surface area contributed by atoms with Gasteiger partial charge in [0.15, 0.2) is 0 Å². The van der Waals surface area contributed by atoms with Gasteiger partial charge in [0.05, 0.1) is 12.8 Å². The summed E-state index contributed by atoms with van der Waals surface area (Å²) in [4.78, 5) is 11.7. The van der Waals surface area contributed by atoms with Crippen LogP contribution >= 0.6 is 0 Å². The van der Waals surface area contributed by atoms with Crippen molar-refractivity contribution in [2.75, 3.05) is 19.1 Å². The maximum atomic E-state index is 5.51. The molecule has 0 aliphatic carbocycles. The first-order chi connectivity index (χ1) is 14.7. The third-order valence-electron chi connectivity index (χ3n) is 5.91. The molecular formula is C24H32N6O. The van der Waals surface area contributed by atoms with Gasteiger partial charge in [0.25, 0.3) is 0 Å². The maximum absolute atomic E-state index is 5.51. The number of nitrogens with one attached hydrogen (secondary N) is 1. The minimum absolute atomic E-state index is 0.0947. The number of hydrogen-bond acceptors (Lipinski definition) is 6. The maximum Gasteiger partial charge on any atom is 0.240 e. The average molecular weight is 421 g/mol. The first-order valence-electron chi connectivity index (χ1n) is 10.7. The third kappa shape index (κ3) is 4.56. The SMILES string of the molecule is COc1nc(-c2ccc(N(C)C3CC(C)(C)NC(C)(C)C3)nc2)ccc1-n1cccn1. The van der Waals surface area contributed by atoms with Gasteiger partial charge in [-0.2, -0.15) is 5.10 Å². The largest absolute Gasteiger partial charge is 0.479 e. The van der Waals surface area contributed by atoms with Crippen molar-refractivity contribution < 1.29 is 4.74 Å². The Morgan fingerprint density at radius 1 is 1.10 bits per heavy atom. The van der Waals surface area contributed by atoms with E-state index in [1.807, 2.05) is 30.6 Å². The summed E-state index contributed by atoms with van der Waals surface area (Å²) in [5.41, 5.74) is 2.76. The minimum atomic E-state index is 0.0947. The van der Waals surface area contributed by atoms with Crippen LogP contribution in [0.3, 0.4) is 0 Å². The molecule has 4 rings (SSSR count). The van der Waals surface area contributed by atoms with Gasteiger partial charge in [0.1, 0.15) is 11.5 Å². The van der Waals surface area contributed by atoms with Crippen LogP contribution in [0.2, 0.25) is 0 Å². The molecule has 164 valence electrons. The molecule has 1 fully saturated rings. The monoisotopic (exact) mass is 420 g/mol. The van der Waals surface area contributed by atoms with E-state index in [0.717, 1.165) is 35.6 Å². The highest BCUT2D eigenvalue weighted by molar-refractivity contribution is 5.62. The molecule has 4 heterocycles. The Hall–Kier alpha value is -2.93. The molecule has 3 aromatic rings. The van der Waals surface area contributed by atoms with Crippen molar-refractivity contribution in [2.24, 2.45) is 0 Å². The molecule has 7 nitrogen and oxygen atoms in total. The van der Waals surface area contributed by atoms with Crippen LogP contribution in [0.25, 0.3) is 16.9 Å². The van der Waals surface area contributed by atoms with E-state index in [1.165, 1.54) is 0 Å². The molecule has 0 aromatic carbocycles. The van der Waals surface area contributed by atoms with Crippen LogP contribution in [0.5, 0.6) is 5.88 Å². The molecule has 0 atom stereocenters. The van der Waals surface area contributed by atoms with Gasteiger partial charge < -0.3 is 15.0 Å². The zero-order valence-corrected chi connectivity index (χ0v) is 19.3.